The Labute approximate surface area is 101 Å². The summed E-state index contributed by atoms with van der Waals surface area (Å²) in [6, 6.07) is 0. The van der Waals surface area contributed by atoms with Crippen LogP contribution in [0.25, 0.3) is 0 Å². The summed E-state index contributed by atoms with van der Waals surface area (Å²) in [5, 5.41) is 11.2. The largest absolute Gasteiger partial charge is 0.480 e. The highest BCUT2D eigenvalue weighted by molar-refractivity contribution is 8.01. The van der Waals surface area contributed by atoms with Crippen LogP contribution in [0.1, 0.15) is 40.5 Å². The van der Waals surface area contributed by atoms with Gasteiger partial charge < -0.3 is 10.4 Å². The summed E-state index contributed by atoms with van der Waals surface area (Å²) < 4.78 is 0. The molecule has 0 aliphatic carbocycles. The number of nitrogens with one attached hydrogen (secondary N) is 1. The Morgan fingerprint density at radius 2 is 1.94 bits per heavy atom. The fraction of sp³-hybridized carbons (Fsp3) is 0.818. The van der Waals surface area contributed by atoms with Crippen molar-refractivity contribution in [2.24, 2.45) is 0 Å². The molecule has 0 aromatic rings. The molecule has 1 unspecified atom stereocenters. The zero-order valence-electron chi connectivity index (χ0n) is 10.4. The van der Waals surface area contributed by atoms with E-state index in [1.165, 1.54) is 11.8 Å². The Hall–Kier alpha value is -0.710. The number of hydrogen-bond acceptors (Lipinski definition) is 3. The van der Waals surface area contributed by atoms with E-state index in [-0.39, 0.29) is 17.2 Å². The van der Waals surface area contributed by atoms with Gasteiger partial charge in [-0.05, 0) is 26.7 Å². The number of carbonyl (C=O) groups is 2. The molecule has 94 valence electrons. The van der Waals surface area contributed by atoms with E-state index in [1.807, 2.05) is 20.8 Å². The van der Waals surface area contributed by atoms with E-state index in [0.29, 0.717) is 6.42 Å². The molecule has 16 heavy (non-hydrogen) atoms. The summed E-state index contributed by atoms with van der Waals surface area (Å²) in [5.41, 5.74) is -0.220. The van der Waals surface area contributed by atoms with Crippen molar-refractivity contribution >= 4 is 23.6 Å². The van der Waals surface area contributed by atoms with Gasteiger partial charge in [-0.3, -0.25) is 9.59 Å². The lowest BCUT2D eigenvalue weighted by atomic mass is 10.0. The van der Waals surface area contributed by atoms with Crippen molar-refractivity contribution in [3.8, 4) is 0 Å². The third-order valence-electron chi connectivity index (χ3n) is 2.42. The van der Waals surface area contributed by atoms with E-state index < -0.39 is 11.2 Å². The number of carboxylic acids is 1. The van der Waals surface area contributed by atoms with Crippen molar-refractivity contribution in [3.05, 3.63) is 0 Å². The number of aliphatic carboxylic acids is 1. The number of rotatable bonds is 7. The van der Waals surface area contributed by atoms with Crippen LogP contribution in [-0.2, 0) is 9.59 Å². The first-order valence-corrected chi connectivity index (χ1v) is 6.52. The molecule has 0 saturated carbocycles. The summed E-state index contributed by atoms with van der Waals surface area (Å²) >= 11 is 1.18. The number of amides is 1. The van der Waals surface area contributed by atoms with E-state index >= 15 is 0 Å². The second kappa shape index (κ2) is 6.78. The molecule has 0 spiro atoms. The second-order valence-electron chi connectivity index (χ2n) is 4.33. The zero-order chi connectivity index (χ0) is 12.8. The van der Waals surface area contributed by atoms with Crippen LogP contribution >= 0.6 is 11.8 Å². The van der Waals surface area contributed by atoms with Crippen LogP contribution in [0.4, 0.5) is 0 Å². The Morgan fingerprint density at radius 1 is 1.38 bits per heavy atom. The maximum absolute atomic E-state index is 11.5. The molecule has 0 saturated heterocycles. The van der Waals surface area contributed by atoms with E-state index in [4.69, 9.17) is 5.11 Å². The maximum atomic E-state index is 11.5. The predicted molar refractivity (Wildman–Crippen MR) is 66.7 cm³/mol. The van der Waals surface area contributed by atoms with Gasteiger partial charge in [0.1, 0.15) is 5.25 Å². The zero-order valence-corrected chi connectivity index (χ0v) is 11.2. The van der Waals surface area contributed by atoms with E-state index in [1.54, 1.807) is 6.92 Å². The topological polar surface area (TPSA) is 66.4 Å². The third kappa shape index (κ3) is 6.00. The molecule has 5 heteroatoms. The minimum Gasteiger partial charge on any atom is -0.480 e. The average molecular weight is 247 g/mol. The molecule has 4 nitrogen and oxygen atoms in total. The van der Waals surface area contributed by atoms with E-state index in [9.17, 15) is 9.59 Å². The van der Waals surface area contributed by atoms with Gasteiger partial charge in [-0.2, -0.15) is 0 Å². The highest BCUT2D eigenvalue weighted by Crippen LogP contribution is 2.15. The number of thioether (sulfide) groups is 1. The van der Waals surface area contributed by atoms with Crippen molar-refractivity contribution in [2.75, 3.05) is 5.75 Å². The fourth-order valence-electron chi connectivity index (χ4n) is 1.04. The SMILES string of the molecule is CCC(SCC(=O)NC(C)(C)CC)C(=O)O. The molecule has 2 N–H and O–H groups in total. The minimum atomic E-state index is -0.852. The summed E-state index contributed by atoms with van der Waals surface area (Å²) in [4.78, 5) is 22.3. The number of hydrogen-bond donors (Lipinski definition) is 2. The molecule has 1 atom stereocenters. The van der Waals surface area contributed by atoms with Crippen LogP contribution in [0, 0.1) is 0 Å². The summed E-state index contributed by atoms with van der Waals surface area (Å²) in [7, 11) is 0. The first-order valence-electron chi connectivity index (χ1n) is 5.47. The van der Waals surface area contributed by atoms with E-state index in [2.05, 4.69) is 5.32 Å². The Kier molecular flexibility index (Phi) is 6.48. The Bertz CT molecular complexity index is 254. The second-order valence-corrected chi connectivity index (χ2v) is 5.52. The van der Waals surface area contributed by atoms with Crippen molar-refractivity contribution in [3.63, 3.8) is 0 Å². The van der Waals surface area contributed by atoms with Crippen LogP contribution in [-0.4, -0.2) is 33.5 Å². The van der Waals surface area contributed by atoms with E-state index in [0.717, 1.165) is 6.42 Å². The van der Waals surface area contributed by atoms with Crippen LogP contribution in [0.2, 0.25) is 0 Å². The normalized spacial score (nSPS) is 13.2. The Balaban J connectivity index is 4.03. The molecule has 0 rings (SSSR count). The molecular weight excluding hydrogens is 226 g/mol. The lowest BCUT2D eigenvalue weighted by molar-refractivity contribution is -0.136. The number of carboxylic acid groups (broad SMARTS) is 1. The lowest BCUT2D eigenvalue weighted by Crippen LogP contribution is -2.44. The molecule has 0 bridgehead atoms. The first kappa shape index (κ1) is 15.3. The van der Waals surface area contributed by atoms with Crippen molar-refractivity contribution < 1.29 is 14.7 Å². The molecule has 0 radical (unpaired) electrons. The highest BCUT2D eigenvalue weighted by atomic mass is 32.2. The quantitative estimate of drug-likeness (QED) is 0.721. The van der Waals surface area contributed by atoms with Gasteiger partial charge in [-0.15, -0.1) is 11.8 Å². The van der Waals surface area contributed by atoms with Gasteiger partial charge in [-0.1, -0.05) is 13.8 Å². The van der Waals surface area contributed by atoms with Gasteiger partial charge in [0.25, 0.3) is 0 Å². The fourth-order valence-corrected chi connectivity index (χ4v) is 1.84. The molecule has 0 aliphatic rings. The van der Waals surface area contributed by atoms with Gasteiger partial charge in [0, 0.05) is 5.54 Å². The van der Waals surface area contributed by atoms with Gasteiger partial charge in [-0.25, -0.2) is 0 Å². The van der Waals surface area contributed by atoms with Crippen molar-refractivity contribution in [1.82, 2.24) is 5.32 Å². The molecule has 0 fully saturated rings. The molecule has 0 aromatic heterocycles. The number of carbonyl (C=O) groups excluding carboxylic acids is 1. The van der Waals surface area contributed by atoms with Crippen LogP contribution in [0.15, 0.2) is 0 Å². The average Bonchev–Trinajstić information content (AvgIpc) is 2.17. The highest BCUT2D eigenvalue weighted by Gasteiger charge is 2.20. The van der Waals surface area contributed by atoms with Crippen LogP contribution in [0.5, 0.6) is 0 Å². The lowest BCUT2D eigenvalue weighted by Gasteiger charge is -2.24. The van der Waals surface area contributed by atoms with Crippen molar-refractivity contribution in [1.29, 1.82) is 0 Å². The molecule has 1 amide bonds. The smallest absolute Gasteiger partial charge is 0.316 e. The standard InChI is InChI=1S/C11H21NO3S/c1-5-8(10(14)15)16-7-9(13)12-11(3,4)6-2/h8H,5-7H2,1-4H3,(H,12,13)(H,14,15). The summed E-state index contributed by atoms with van der Waals surface area (Å²) in [6.45, 7) is 7.70. The molecule has 0 aromatic carbocycles. The minimum absolute atomic E-state index is 0.100. The molecule has 0 heterocycles. The predicted octanol–water partition coefficient (Wildman–Crippen LogP) is 1.89. The van der Waals surface area contributed by atoms with Crippen LogP contribution < -0.4 is 5.32 Å². The molecular formula is C11H21NO3S. The van der Waals surface area contributed by atoms with Gasteiger partial charge >= 0.3 is 5.97 Å². The van der Waals surface area contributed by atoms with Gasteiger partial charge in [0.15, 0.2) is 0 Å². The van der Waals surface area contributed by atoms with Gasteiger partial charge in [0.05, 0.1) is 5.75 Å². The van der Waals surface area contributed by atoms with Crippen molar-refractivity contribution in [2.45, 2.75) is 51.3 Å². The summed E-state index contributed by atoms with van der Waals surface area (Å²) in [5.74, 6) is -0.750. The monoisotopic (exact) mass is 247 g/mol. The molecule has 0 aliphatic heterocycles. The van der Waals surface area contributed by atoms with Gasteiger partial charge in [0.2, 0.25) is 5.91 Å². The third-order valence-corrected chi connectivity index (χ3v) is 3.79. The first-order chi connectivity index (χ1) is 7.32. The maximum Gasteiger partial charge on any atom is 0.316 e. The summed E-state index contributed by atoms with van der Waals surface area (Å²) in [6.07, 6.45) is 1.38. The Morgan fingerprint density at radius 3 is 2.31 bits per heavy atom. The van der Waals surface area contributed by atoms with Crippen LogP contribution in [0.3, 0.4) is 0 Å².